The van der Waals surface area contributed by atoms with Crippen LogP contribution in [0.3, 0.4) is 0 Å². The van der Waals surface area contributed by atoms with Gasteiger partial charge in [0.05, 0.1) is 0 Å². The van der Waals surface area contributed by atoms with E-state index in [9.17, 15) is 9.59 Å². The van der Waals surface area contributed by atoms with Crippen LogP contribution >= 0.6 is 0 Å². The standard InChI is InChI=1S/2C6H10NO2.Au/c2*7-6(5(8)9)3-1-2-4-6;/h2*7H,1-4H2,(H,8,9);/q2*-1;+3/p+2. The van der Waals surface area contributed by atoms with Crippen LogP contribution in [0.2, 0.25) is 0 Å². The first-order chi connectivity index (χ1) is 8.30. The molecule has 0 aliphatic heterocycles. The van der Waals surface area contributed by atoms with Gasteiger partial charge < -0.3 is 21.7 Å². The van der Waals surface area contributed by atoms with E-state index in [0.29, 0.717) is 25.7 Å². The largest absolute Gasteiger partial charge is 3.00 e. The van der Waals surface area contributed by atoms with Crippen LogP contribution in [0.1, 0.15) is 51.4 Å². The predicted octanol–water partition coefficient (Wildman–Crippen LogP) is 1.20. The van der Waals surface area contributed by atoms with Gasteiger partial charge in [-0.15, -0.1) is 0 Å². The first-order valence-corrected chi connectivity index (χ1v) is 6.32. The molecule has 0 aromatic rings. The molecule has 2 saturated carbocycles. The Morgan fingerprint density at radius 2 is 0.947 bits per heavy atom. The van der Waals surface area contributed by atoms with Crippen molar-refractivity contribution in [2.75, 3.05) is 0 Å². The van der Waals surface area contributed by atoms with Gasteiger partial charge in [-0.3, -0.25) is 0 Å². The molecule has 0 saturated heterocycles. The zero-order valence-corrected chi connectivity index (χ0v) is 12.9. The summed E-state index contributed by atoms with van der Waals surface area (Å²) in [4.78, 5) is 20.9. The van der Waals surface area contributed by atoms with E-state index >= 15 is 0 Å². The smallest absolute Gasteiger partial charge is 0.658 e. The second-order valence-electron chi connectivity index (χ2n) is 5.24. The molecule has 6 nitrogen and oxygen atoms in total. The van der Waals surface area contributed by atoms with E-state index in [1.165, 1.54) is 0 Å². The number of hydrogen-bond donors (Lipinski definition) is 0. The van der Waals surface area contributed by atoms with Gasteiger partial charge in [0, 0.05) is 20.7 Å². The minimum Gasteiger partial charge on any atom is -0.658 e. The molecule has 0 unspecified atom stereocenters. The molecule has 6 N–H and O–H groups in total. The predicted molar refractivity (Wildman–Crippen MR) is 68.3 cm³/mol. The van der Waals surface area contributed by atoms with Crippen molar-refractivity contribution in [1.82, 2.24) is 0 Å². The van der Waals surface area contributed by atoms with Crippen molar-refractivity contribution in [2.45, 2.75) is 62.4 Å². The van der Waals surface area contributed by atoms with Crippen molar-refractivity contribution in [1.29, 1.82) is 0 Å². The third-order valence-corrected chi connectivity index (χ3v) is 3.78. The molecule has 2 aliphatic rings. The van der Waals surface area contributed by atoms with Crippen molar-refractivity contribution in [3.8, 4) is 0 Å². The second-order valence-corrected chi connectivity index (χ2v) is 5.24. The van der Waals surface area contributed by atoms with E-state index in [4.69, 9.17) is 21.7 Å². The summed E-state index contributed by atoms with van der Waals surface area (Å²) in [5, 5.41) is 13.5. The number of rotatable bonds is 2. The summed E-state index contributed by atoms with van der Waals surface area (Å²) < 4.78 is 0. The number of hydrogen-bond acceptors (Lipinski definition) is 2. The third kappa shape index (κ3) is 4.89. The number of nitrogens with one attached hydrogen (secondary N) is 2. The van der Waals surface area contributed by atoms with E-state index in [1.54, 1.807) is 0 Å². The molecule has 0 atom stereocenters. The molecule has 0 aromatic heterocycles. The van der Waals surface area contributed by atoms with E-state index < -0.39 is 23.0 Å². The minimum absolute atomic E-state index is 0. The van der Waals surface area contributed by atoms with Gasteiger partial charge in [-0.05, 0) is 0 Å². The molecule has 2 aliphatic carbocycles. The molecule has 112 valence electrons. The Hall–Kier alpha value is -0.400. The molecule has 2 fully saturated rings. The van der Waals surface area contributed by atoms with Crippen LogP contribution in [0.15, 0.2) is 0 Å². The second kappa shape index (κ2) is 7.40. The molecule has 7 heteroatoms. The molecule has 2 rings (SSSR count). The van der Waals surface area contributed by atoms with Gasteiger partial charge >= 0.3 is 34.3 Å². The van der Waals surface area contributed by atoms with Gasteiger partial charge in [-0.2, -0.15) is 0 Å². The first kappa shape index (κ1) is 18.6. The molecule has 19 heavy (non-hydrogen) atoms. The van der Waals surface area contributed by atoms with Crippen molar-refractivity contribution >= 4 is 11.9 Å². The van der Waals surface area contributed by atoms with E-state index in [-0.39, 0.29) is 22.4 Å². The van der Waals surface area contributed by atoms with Gasteiger partial charge in [0.25, 0.3) is 0 Å². The summed E-state index contributed by atoms with van der Waals surface area (Å²) in [7, 11) is 0. The minimum atomic E-state index is -1.03. The van der Waals surface area contributed by atoms with Crippen LogP contribution in [-0.4, -0.2) is 33.2 Å². The van der Waals surface area contributed by atoms with Crippen molar-refractivity contribution in [3.05, 3.63) is 11.5 Å². The van der Waals surface area contributed by atoms with Crippen LogP contribution in [0.4, 0.5) is 0 Å². The van der Waals surface area contributed by atoms with E-state index in [2.05, 4.69) is 0 Å². The molecule has 0 heterocycles. The molecule has 0 spiro atoms. The van der Waals surface area contributed by atoms with E-state index in [0.717, 1.165) is 25.7 Å². The molecular weight excluding hydrogens is 433 g/mol. The Balaban J connectivity index is 0.000000324. The topological polar surface area (TPSA) is 128 Å². The van der Waals surface area contributed by atoms with Crippen LogP contribution in [0.5, 0.6) is 0 Å². The Morgan fingerprint density at radius 1 is 0.737 bits per heavy atom. The number of carbonyl (C=O) groups excluding carboxylic acids is 2. The average molecular weight is 455 g/mol. The average Bonchev–Trinajstić information content (AvgIpc) is 2.90. The first-order valence-electron chi connectivity index (χ1n) is 6.32. The monoisotopic (exact) mass is 455 g/mol. The quantitative estimate of drug-likeness (QED) is 0.458. The summed E-state index contributed by atoms with van der Waals surface area (Å²) in [5.41, 5.74) is 12.7. The Kier molecular flexibility index (Phi) is 7.24. The Bertz CT molecular complexity index is 292. The summed E-state index contributed by atoms with van der Waals surface area (Å²) >= 11 is 0. The van der Waals surface area contributed by atoms with Gasteiger partial charge in [-0.1, -0.05) is 51.4 Å². The molecule has 0 amide bonds. The molecule has 0 bridgehead atoms. The Labute approximate surface area is 128 Å². The fourth-order valence-corrected chi connectivity index (χ4v) is 2.41. The van der Waals surface area contributed by atoms with Crippen LogP contribution < -0.4 is 0 Å². The Morgan fingerprint density at radius 3 is 1.05 bits per heavy atom. The van der Waals surface area contributed by atoms with Crippen LogP contribution in [-0.2, 0) is 32.0 Å². The summed E-state index contributed by atoms with van der Waals surface area (Å²) in [5.74, 6) is -1.42. The van der Waals surface area contributed by atoms with Gasteiger partial charge in [0.1, 0.15) is 0 Å². The summed E-state index contributed by atoms with van der Waals surface area (Å²) in [6.45, 7) is 0. The van der Waals surface area contributed by atoms with Gasteiger partial charge in [0.15, 0.2) is 0 Å². The molecule has 0 aromatic carbocycles. The maximum absolute atomic E-state index is 10.4. The number of carbonyl (C=O) groups is 2. The summed E-state index contributed by atoms with van der Waals surface area (Å²) in [6.07, 6.45) is 6.12. The van der Waals surface area contributed by atoms with Crippen LogP contribution in [0.25, 0.3) is 11.5 Å². The molecule has 0 radical (unpaired) electrons. The van der Waals surface area contributed by atoms with Crippen LogP contribution in [0, 0.1) is 0 Å². The normalized spacial score (nSPS) is 22.8. The maximum Gasteiger partial charge on any atom is 3.00 e. The van der Waals surface area contributed by atoms with Crippen molar-refractivity contribution in [3.63, 3.8) is 0 Å². The molecular formula is C12H22AuN2O4+3. The van der Waals surface area contributed by atoms with Crippen molar-refractivity contribution in [2.24, 2.45) is 0 Å². The fourth-order valence-electron chi connectivity index (χ4n) is 2.41. The SMILES string of the molecule is [Au+3].[NH-]C1(C(=O)[OH2+])CCCC1.[NH-]C1(C(=O)[OH2+])CCCC1. The zero-order valence-electron chi connectivity index (χ0n) is 10.8. The van der Waals surface area contributed by atoms with Gasteiger partial charge in [-0.25, -0.2) is 0 Å². The van der Waals surface area contributed by atoms with E-state index in [1.807, 2.05) is 0 Å². The fraction of sp³-hybridized carbons (Fsp3) is 0.833. The zero-order chi connectivity index (χ0) is 13.8. The van der Waals surface area contributed by atoms with Gasteiger partial charge in [0.2, 0.25) is 0 Å². The summed E-state index contributed by atoms with van der Waals surface area (Å²) in [6, 6.07) is 0. The van der Waals surface area contributed by atoms with Crippen molar-refractivity contribution < 1.29 is 42.2 Å². The maximum atomic E-state index is 10.4. The third-order valence-electron chi connectivity index (χ3n) is 3.78.